The third-order valence-corrected chi connectivity index (χ3v) is 4.47. The number of nitrogens with zero attached hydrogens (tertiary/aromatic N) is 5. The minimum Gasteiger partial charge on any atom is -0.421 e. The molecular formula is C17H23N5O2. The Hall–Kier alpha value is -2.44. The van der Waals surface area contributed by atoms with Gasteiger partial charge in [0.05, 0.1) is 5.56 Å². The second-order valence-electron chi connectivity index (χ2n) is 6.12. The first kappa shape index (κ1) is 16.4. The minimum atomic E-state index is 0.0864. The van der Waals surface area contributed by atoms with Crippen molar-refractivity contribution in [1.82, 2.24) is 20.1 Å². The highest BCUT2D eigenvalue weighted by Gasteiger charge is 2.26. The van der Waals surface area contributed by atoms with E-state index in [1.165, 1.54) is 0 Å². The summed E-state index contributed by atoms with van der Waals surface area (Å²) in [4.78, 5) is 21.0. The fourth-order valence-corrected chi connectivity index (χ4v) is 2.85. The van der Waals surface area contributed by atoms with Crippen LogP contribution in [0.15, 0.2) is 22.7 Å². The van der Waals surface area contributed by atoms with Gasteiger partial charge in [-0.3, -0.25) is 4.79 Å². The van der Waals surface area contributed by atoms with Gasteiger partial charge in [0.1, 0.15) is 5.82 Å². The first-order chi connectivity index (χ1) is 11.6. The third-order valence-electron chi connectivity index (χ3n) is 4.47. The van der Waals surface area contributed by atoms with Crippen LogP contribution in [-0.4, -0.2) is 52.2 Å². The summed E-state index contributed by atoms with van der Waals surface area (Å²) in [5.41, 5.74) is 0.833. The maximum atomic E-state index is 12.3. The van der Waals surface area contributed by atoms with E-state index in [2.05, 4.69) is 20.1 Å². The van der Waals surface area contributed by atoms with Gasteiger partial charge in [-0.25, -0.2) is 4.98 Å². The SMILES string of the molecule is CC[C@H](C)C(=O)N1CCN(c2ncccc2-c2nnc(C)o2)CC1. The molecule has 24 heavy (non-hydrogen) atoms. The molecule has 0 bridgehead atoms. The molecule has 0 aliphatic carbocycles. The van der Waals surface area contributed by atoms with Gasteiger partial charge in [-0.15, -0.1) is 10.2 Å². The molecule has 0 N–H and O–H groups in total. The molecule has 3 rings (SSSR count). The zero-order chi connectivity index (χ0) is 17.1. The lowest BCUT2D eigenvalue weighted by Crippen LogP contribution is -2.50. The van der Waals surface area contributed by atoms with Gasteiger partial charge in [0, 0.05) is 45.2 Å². The average Bonchev–Trinajstić information content (AvgIpc) is 3.07. The number of aryl methyl sites for hydroxylation is 1. The minimum absolute atomic E-state index is 0.0864. The Bertz CT molecular complexity index is 707. The molecule has 0 radical (unpaired) electrons. The third kappa shape index (κ3) is 3.25. The molecule has 2 aromatic heterocycles. The first-order valence-corrected chi connectivity index (χ1v) is 8.39. The molecule has 1 fully saturated rings. The van der Waals surface area contributed by atoms with E-state index >= 15 is 0 Å². The van der Waals surface area contributed by atoms with Crippen LogP contribution in [0.25, 0.3) is 11.5 Å². The Labute approximate surface area is 141 Å². The van der Waals surface area contributed by atoms with Crippen LogP contribution >= 0.6 is 0 Å². The number of piperazine rings is 1. The quantitative estimate of drug-likeness (QED) is 0.855. The number of hydrogen-bond donors (Lipinski definition) is 0. The van der Waals surface area contributed by atoms with E-state index < -0.39 is 0 Å². The van der Waals surface area contributed by atoms with E-state index in [1.54, 1.807) is 13.1 Å². The number of aromatic nitrogens is 3. The van der Waals surface area contributed by atoms with E-state index in [0.29, 0.717) is 24.9 Å². The van der Waals surface area contributed by atoms with Crippen LogP contribution in [-0.2, 0) is 4.79 Å². The first-order valence-electron chi connectivity index (χ1n) is 8.39. The smallest absolute Gasteiger partial charge is 0.251 e. The number of hydrogen-bond acceptors (Lipinski definition) is 6. The molecule has 1 amide bonds. The molecule has 2 aromatic rings. The highest BCUT2D eigenvalue weighted by molar-refractivity contribution is 5.79. The lowest BCUT2D eigenvalue weighted by Gasteiger charge is -2.37. The van der Waals surface area contributed by atoms with Crippen molar-refractivity contribution in [3.63, 3.8) is 0 Å². The Morgan fingerprint density at radius 3 is 2.67 bits per heavy atom. The molecular weight excluding hydrogens is 306 g/mol. The Kier molecular flexibility index (Phi) is 4.78. The van der Waals surface area contributed by atoms with Gasteiger partial charge in [-0.1, -0.05) is 13.8 Å². The van der Waals surface area contributed by atoms with Gasteiger partial charge in [-0.2, -0.15) is 0 Å². The summed E-state index contributed by atoms with van der Waals surface area (Å²) >= 11 is 0. The topological polar surface area (TPSA) is 75.4 Å². The van der Waals surface area contributed by atoms with E-state index in [0.717, 1.165) is 30.9 Å². The molecule has 1 aliphatic rings. The van der Waals surface area contributed by atoms with Gasteiger partial charge in [-0.05, 0) is 18.6 Å². The largest absolute Gasteiger partial charge is 0.421 e. The number of anilines is 1. The molecule has 3 heterocycles. The second-order valence-corrected chi connectivity index (χ2v) is 6.12. The lowest BCUT2D eigenvalue weighted by atomic mass is 10.1. The highest BCUT2D eigenvalue weighted by Crippen LogP contribution is 2.28. The number of rotatable bonds is 4. The summed E-state index contributed by atoms with van der Waals surface area (Å²) in [5, 5.41) is 8.00. The molecule has 1 aliphatic heterocycles. The summed E-state index contributed by atoms with van der Waals surface area (Å²) in [5.74, 6) is 2.17. The van der Waals surface area contributed by atoms with Gasteiger partial charge < -0.3 is 14.2 Å². The molecule has 7 heteroatoms. The zero-order valence-corrected chi connectivity index (χ0v) is 14.4. The Balaban J connectivity index is 1.75. The van der Waals surface area contributed by atoms with Crippen LogP contribution in [0, 0.1) is 12.8 Å². The van der Waals surface area contributed by atoms with E-state index in [9.17, 15) is 4.79 Å². The van der Waals surface area contributed by atoms with Crippen LogP contribution in [0.3, 0.4) is 0 Å². The average molecular weight is 329 g/mol. The summed E-state index contributed by atoms with van der Waals surface area (Å²) in [6.45, 7) is 8.73. The van der Waals surface area contributed by atoms with E-state index in [-0.39, 0.29) is 11.8 Å². The predicted octanol–water partition coefficient (Wildman–Crippen LogP) is 2.13. The van der Waals surface area contributed by atoms with Crippen molar-refractivity contribution in [3.05, 3.63) is 24.2 Å². The van der Waals surface area contributed by atoms with Crippen molar-refractivity contribution in [3.8, 4) is 11.5 Å². The van der Waals surface area contributed by atoms with E-state index in [1.807, 2.05) is 30.9 Å². The van der Waals surface area contributed by atoms with Crippen molar-refractivity contribution in [2.45, 2.75) is 27.2 Å². The lowest BCUT2D eigenvalue weighted by molar-refractivity contribution is -0.135. The molecule has 128 valence electrons. The Morgan fingerprint density at radius 2 is 2.04 bits per heavy atom. The van der Waals surface area contributed by atoms with Crippen LogP contribution in [0.4, 0.5) is 5.82 Å². The number of carbonyl (C=O) groups is 1. The maximum absolute atomic E-state index is 12.3. The van der Waals surface area contributed by atoms with Crippen molar-refractivity contribution in [1.29, 1.82) is 0 Å². The molecule has 1 atom stereocenters. The molecule has 0 unspecified atom stereocenters. The van der Waals surface area contributed by atoms with Crippen LogP contribution in [0.1, 0.15) is 26.2 Å². The van der Waals surface area contributed by atoms with Crippen LogP contribution in [0.5, 0.6) is 0 Å². The number of carbonyl (C=O) groups excluding carboxylic acids is 1. The monoisotopic (exact) mass is 329 g/mol. The Morgan fingerprint density at radius 1 is 1.29 bits per heavy atom. The zero-order valence-electron chi connectivity index (χ0n) is 14.4. The molecule has 1 saturated heterocycles. The van der Waals surface area contributed by atoms with Crippen molar-refractivity contribution < 1.29 is 9.21 Å². The van der Waals surface area contributed by atoms with Gasteiger partial charge in [0.25, 0.3) is 5.89 Å². The maximum Gasteiger partial charge on any atom is 0.251 e. The van der Waals surface area contributed by atoms with Crippen molar-refractivity contribution in [2.75, 3.05) is 31.1 Å². The fourth-order valence-electron chi connectivity index (χ4n) is 2.85. The molecule has 7 nitrogen and oxygen atoms in total. The standard InChI is InChI=1S/C17H23N5O2/c1-4-12(2)17(23)22-10-8-21(9-11-22)15-14(6-5-7-18-15)16-20-19-13(3)24-16/h5-7,12H,4,8-11H2,1-3H3/t12-/m0/s1. The summed E-state index contributed by atoms with van der Waals surface area (Å²) in [6.07, 6.45) is 2.64. The van der Waals surface area contributed by atoms with Gasteiger partial charge >= 0.3 is 0 Å². The highest BCUT2D eigenvalue weighted by atomic mass is 16.4. The van der Waals surface area contributed by atoms with Crippen LogP contribution < -0.4 is 4.90 Å². The predicted molar refractivity (Wildman–Crippen MR) is 90.5 cm³/mol. The van der Waals surface area contributed by atoms with Crippen molar-refractivity contribution in [2.24, 2.45) is 5.92 Å². The second kappa shape index (κ2) is 6.98. The van der Waals surface area contributed by atoms with Crippen molar-refractivity contribution >= 4 is 11.7 Å². The molecule has 0 saturated carbocycles. The molecule has 0 aromatic carbocycles. The normalized spacial score (nSPS) is 16.3. The van der Waals surface area contributed by atoms with E-state index in [4.69, 9.17) is 4.42 Å². The van der Waals surface area contributed by atoms with Gasteiger partial charge in [0.15, 0.2) is 0 Å². The van der Waals surface area contributed by atoms with Crippen LogP contribution in [0.2, 0.25) is 0 Å². The summed E-state index contributed by atoms with van der Waals surface area (Å²) in [6, 6.07) is 3.80. The number of pyridine rings is 1. The van der Waals surface area contributed by atoms with Gasteiger partial charge in [0.2, 0.25) is 11.8 Å². The molecule has 0 spiro atoms. The summed E-state index contributed by atoms with van der Waals surface area (Å²) < 4.78 is 5.55. The summed E-state index contributed by atoms with van der Waals surface area (Å²) in [7, 11) is 0. The fraction of sp³-hybridized carbons (Fsp3) is 0.529. The number of amides is 1.